The van der Waals surface area contributed by atoms with Crippen LogP contribution in [0.1, 0.15) is 5.56 Å². The Labute approximate surface area is 105 Å². The number of nitrogens with zero attached hydrogens (tertiary/aromatic N) is 1. The van der Waals surface area contributed by atoms with E-state index in [9.17, 15) is 5.11 Å². The number of rotatable bonds is 1. The summed E-state index contributed by atoms with van der Waals surface area (Å²) in [6.07, 6.45) is 0. The number of hydrogen-bond donors (Lipinski definition) is 1. The molecule has 0 saturated carbocycles. The Bertz CT molecular complexity index is 405. The van der Waals surface area contributed by atoms with E-state index in [1.807, 2.05) is 0 Å². The zero-order chi connectivity index (χ0) is 11.5. The van der Waals surface area contributed by atoms with Crippen molar-refractivity contribution in [2.75, 3.05) is 26.3 Å². The Morgan fingerprint density at radius 3 is 2.69 bits per heavy atom. The van der Waals surface area contributed by atoms with Crippen molar-refractivity contribution in [2.45, 2.75) is 0 Å². The van der Waals surface area contributed by atoms with Crippen LogP contribution >= 0.6 is 23.8 Å². The molecule has 86 valence electrons. The third-order valence-electron chi connectivity index (χ3n) is 2.49. The molecule has 16 heavy (non-hydrogen) atoms. The molecule has 0 aliphatic carbocycles. The molecule has 1 aromatic carbocycles. The minimum absolute atomic E-state index is 0.0789. The van der Waals surface area contributed by atoms with Crippen LogP contribution in [0.4, 0.5) is 0 Å². The molecule has 3 nitrogen and oxygen atoms in total. The Balaban J connectivity index is 2.16. The summed E-state index contributed by atoms with van der Waals surface area (Å²) >= 11 is 11.2. The normalized spacial score (nSPS) is 16.2. The molecule has 1 aliphatic rings. The van der Waals surface area contributed by atoms with E-state index in [0.717, 1.165) is 23.6 Å². The Hall–Kier alpha value is -0.840. The van der Waals surface area contributed by atoms with Crippen LogP contribution < -0.4 is 0 Å². The molecule has 0 aromatic heterocycles. The first-order chi connectivity index (χ1) is 7.68. The summed E-state index contributed by atoms with van der Waals surface area (Å²) in [5, 5.41) is 9.65. The number of phenols is 1. The highest BCUT2D eigenvalue weighted by molar-refractivity contribution is 7.80. The summed E-state index contributed by atoms with van der Waals surface area (Å²) in [6.45, 7) is 3.01. The summed E-state index contributed by atoms with van der Waals surface area (Å²) in [6, 6.07) is 5.03. The third kappa shape index (κ3) is 2.45. The van der Waals surface area contributed by atoms with Gasteiger partial charge in [0.05, 0.1) is 18.2 Å². The Morgan fingerprint density at radius 2 is 2.06 bits per heavy atom. The van der Waals surface area contributed by atoms with E-state index < -0.39 is 0 Å². The van der Waals surface area contributed by atoms with Gasteiger partial charge in [0, 0.05) is 18.7 Å². The van der Waals surface area contributed by atoms with Crippen LogP contribution in [0.25, 0.3) is 0 Å². The summed E-state index contributed by atoms with van der Waals surface area (Å²) < 4.78 is 5.26. The first-order valence-electron chi connectivity index (χ1n) is 5.04. The number of morpholine rings is 1. The standard InChI is InChI=1S/C11H12ClNO2S/c12-9-7-8(1-2-10(9)14)11(16)13-3-5-15-6-4-13/h1-2,7,14H,3-6H2. The maximum absolute atomic E-state index is 9.33. The van der Waals surface area contributed by atoms with Gasteiger partial charge in [-0.3, -0.25) is 0 Å². The molecular weight excluding hydrogens is 246 g/mol. The molecule has 1 N–H and O–H groups in total. The van der Waals surface area contributed by atoms with Crippen LogP contribution in [-0.2, 0) is 4.74 Å². The lowest BCUT2D eigenvalue weighted by Gasteiger charge is -2.29. The van der Waals surface area contributed by atoms with Crippen molar-refractivity contribution in [1.82, 2.24) is 4.90 Å². The van der Waals surface area contributed by atoms with Crippen molar-refractivity contribution >= 4 is 28.8 Å². The zero-order valence-corrected chi connectivity index (χ0v) is 10.2. The molecule has 1 fully saturated rings. The average Bonchev–Trinajstić information content (AvgIpc) is 2.33. The lowest BCUT2D eigenvalue weighted by molar-refractivity contribution is 0.0693. The van der Waals surface area contributed by atoms with Gasteiger partial charge in [0.25, 0.3) is 0 Å². The molecule has 1 heterocycles. The summed E-state index contributed by atoms with van der Waals surface area (Å²) in [7, 11) is 0. The molecule has 0 spiro atoms. The lowest BCUT2D eigenvalue weighted by atomic mass is 10.2. The van der Waals surface area contributed by atoms with Gasteiger partial charge in [0.15, 0.2) is 0 Å². The van der Waals surface area contributed by atoms with Crippen molar-refractivity contribution in [1.29, 1.82) is 0 Å². The van der Waals surface area contributed by atoms with Crippen LogP contribution in [0, 0.1) is 0 Å². The van der Waals surface area contributed by atoms with Crippen molar-refractivity contribution < 1.29 is 9.84 Å². The molecule has 0 atom stereocenters. The number of phenolic OH excluding ortho intramolecular Hbond substituents is 1. The van der Waals surface area contributed by atoms with Gasteiger partial charge >= 0.3 is 0 Å². The van der Waals surface area contributed by atoms with Crippen molar-refractivity contribution in [3.63, 3.8) is 0 Å². The van der Waals surface area contributed by atoms with Crippen molar-refractivity contribution in [3.05, 3.63) is 28.8 Å². The van der Waals surface area contributed by atoms with Crippen LogP contribution in [-0.4, -0.2) is 41.3 Å². The molecule has 0 bridgehead atoms. The Kier molecular flexibility index (Phi) is 3.63. The fourth-order valence-electron chi connectivity index (χ4n) is 1.59. The predicted octanol–water partition coefficient (Wildman–Crippen LogP) is 2.05. The number of benzene rings is 1. The highest BCUT2D eigenvalue weighted by atomic mass is 35.5. The van der Waals surface area contributed by atoms with Crippen molar-refractivity contribution in [3.8, 4) is 5.75 Å². The number of ether oxygens (including phenoxy) is 1. The minimum Gasteiger partial charge on any atom is -0.506 e. The van der Waals surface area contributed by atoms with Gasteiger partial charge in [0.1, 0.15) is 10.7 Å². The molecule has 0 unspecified atom stereocenters. The van der Waals surface area contributed by atoms with Gasteiger partial charge in [0.2, 0.25) is 0 Å². The third-order valence-corrected chi connectivity index (χ3v) is 3.29. The van der Waals surface area contributed by atoms with Gasteiger partial charge in [-0.2, -0.15) is 0 Å². The molecule has 0 radical (unpaired) electrons. The topological polar surface area (TPSA) is 32.7 Å². The van der Waals surface area contributed by atoms with E-state index in [1.165, 1.54) is 0 Å². The van der Waals surface area contributed by atoms with E-state index in [1.54, 1.807) is 18.2 Å². The maximum atomic E-state index is 9.33. The van der Waals surface area contributed by atoms with E-state index >= 15 is 0 Å². The molecule has 1 saturated heterocycles. The quantitative estimate of drug-likeness (QED) is 0.781. The maximum Gasteiger partial charge on any atom is 0.134 e. The van der Waals surface area contributed by atoms with Crippen LogP contribution in [0.3, 0.4) is 0 Å². The largest absolute Gasteiger partial charge is 0.506 e. The fourth-order valence-corrected chi connectivity index (χ4v) is 2.08. The SMILES string of the molecule is Oc1ccc(C(=S)N2CCOCC2)cc1Cl. The van der Waals surface area contributed by atoms with Crippen LogP contribution in [0.15, 0.2) is 18.2 Å². The highest BCUT2D eigenvalue weighted by Crippen LogP contribution is 2.24. The first kappa shape index (κ1) is 11.6. The van der Waals surface area contributed by atoms with Gasteiger partial charge in [-0.15, -0.1) is 0 Å². The lowest BCUT2D eigenvalue weighted by Crippen LogP contribution is -2.40. The van der Waals surface area contributed by atoms with Crippen LogP contribution in [0.5, 0.6) is 5.75 Å². The predicted molar refractivity (Wildman–Crippen MR) is 67.2 cm³/mol. The second-order valence-electron chi connectivity index (χ2n) is 3.57. The van der Waals surface area contributed by atoms with Gasteiger partial charge in [-0.05, 0) is 18.2 Å². The number of halogens is 1. The molecule has 1 aliphatic heterocycles. The molecule has 5 heteroatoms. The molecule has 2 rings (SSSR count). The van der Waals surface area contributed by atoms with Gasteiger partial charge < -0.3 is 14.7 Å². The van der Waals surface area contributed by atoms with E-state index in [-0.39, 0.29) is 5.75 Å². The van der Waals surface area contributed by atoms with Crippen molar-refractivity contribution in [2.24, 2.45) is 0 Å². The Morgan fingerprint density at radius 1 is 1.38 bits per heavy atom. The number of hydrogen-bond acceptors (Lipinski definition) is 3. The molecular formula is C11H12ClNO2S. The minimum atomic E-state index is 0.0789. The van der Waals surface area contributed by atoms with E-state index in [0.29, 0.717) is 18.2 Å². The summed E-state index contributed by atoms with van der Waals surface area (Å²) in [5.41, 5.74) is 0.861. The summed E-state index contributed by atoms with van der Waals surface area (Å²) in [5.74, 6) is 0.0789. The van der Waals surface area contributed by atoms with Gasteiger partial charge in [-0.1, -0.05) is 23.8 Å². The first-order valence-corrected chi connectivity index (χ1v) is 5.82. The average molecular weight is 258 g/mol. The monoisotopic (exact) mass is 257 g/mol. The highest BCUT2D eigenvalue weighted by Gasteiger charge is 2.15. The fraction of sp³-hybridized carbons (Fsp3) is 0.364. The molecule has 1 aromatic rings. The second-order valence-corrected chi connectivity index (χ2v) is 4.36. The number of aromatic hydroxyl groups is 1. The molecule has 0 amide bonds. The number of thiocarbonyl (C=S) groups is 1. The smallest absolute Gasteiger partial charge is 0.134 e. The summed E-state index contributed by atoms with van der Waals surface area (Å²) in [4.78, 5) is 2.84. The van der Waals surface area contributed by atoms with E-state index in [4.69, 9.17) is 28.6 Å². The zero-order valence-electron chi connectivity index (χ0n) is 8.65. The van der Waals surface area contributed by atoms with Gasteiger partial charge in [-0.25, -0.2) is 0 Å². The van der Waals surface area contributed by atoms with Crippen LogP contribution in [0.2, 0.25) is 5.02 Å². The second kappa shape index (κ2) is 4.99. The van der Waals surface area contributed by atoms with E-state index in [2.05, 4.69) is 4.90 Å².